The minimum atomic E-state index is -0.291. The number of hydrogen-bond donors (Lipinski definition) is 0. The Morgan fingerprint density at radius 2 is 1.72 bits per heavy atom. The molecule has 6 rings (SSSR count). The van der Waals surface area contributed by atoms with Gasteiger partial charge >= 0.3 is 5.69 Å². The Hall–Kier alpha value is -3.37. The van der Waals surface area contributed by atoms with Crippen molar-refractivity contribution in [1.29, 1.82) is 0 Å². The topological polar surface area (TPSA) is 74.0 Å². The molecule has 0 N–H and O–H groups in total. The summed E-state index contributed by atoms with van der Waals surface area (Å²) in [5.41, 5.74) is 2.39. The van der Waals surface area contributed by atoms with Crippen LogP contribution in [0, 0.1) is 11.7 Å². The fourth-order valence-corrected chi connectivity index (χ4v) is 5.81. The van der Waals surface area contributed by atoms with Gasteiger partial charge in [0.25, 0.3) is 0 Å². The first-order chi connectivity index (χ1) is 19.0. The molecule has 2 aromatic carbocycles. The zero-order valence-corrected chi connectivity index (χ0v) is 22.4. The second-order valence-electron chi connectivity index (χ2n) is 10.7. The molecule has 0 spiro atoms. The van der Waals surface area contributed by atoms with Crippen LogP contribution in [0.5, 0.6) is 5.75 Å². The summed E-state index contributed by atoms with van der Waals surface area (Å²) in [6.45, 7) is 6.32. The largest absolute Gasteiger partial charge is 0.491 e. The molecule has 3 heterocycles. The number of anilines is 2. The van der Waals surface area contributed by atoms with Crippen molar-refractivity contribution in [3.8, 4) is 11.4 Å². The Bertz CT molecular complexity index is 1310. The normalized spacial score (nSPS) is 22.1. The molecule has 2 aliphatic heterocycles. The van der Waals surface area contributed by atoms with Gasteiger partial charge in [0.2, 0.25) is 0 Å². The van der Waals surface area contributed by atoms with Crippen LogP contribution >= 0.6 is 0 Å². The van der Waals surface area contributed by atoms with Crippen LogP contribution in [0.1, 0.15) is 32.6 Å². The predicted octanol–water partition coefficient (Wildman–Crippen LogP) is 3.83. The van der Waals surface area contributed by atoms with Crippen molar-refractivity contribution in [3.63, 3.8) is 0 Å². The molecule has 1 saturated carbocycles. The van der Waals surface area contributed by atoms with Crippen molar-refractivity contribution < 1.29 is 18.6 Å². The van der Waals surface area contributed by atoms with Crippen LogP contribution in [-0.2, 0) is 16.0 Å². The number of ether oxygens (including phenoxy) is 3. The first-order valence-electron chi connectivity index (χ1n) is 14.0. The van der Waals surface area contributed by atoms with E-state index < -0.39 is 0 Å². The monoisotopic (exact) mass is 537 g/mol. The van der Waals surface area contributed by atoms with Gasteiger partial charge in [0.15, 0.2) is 6.29 Å². The minimum Gasteiger partial charge on any atom is -0.491 e. The molecule has 10 heteroatoms. The molecule has 0 bridgehead atoms. The smallest absolute Gasteiger partial charge is 0.350 e. The predicted molar refractivity (Wildman–Crippen MR) is 146 cm³/mol. The number of rotatable bonds is 8. The van der Waals surface area contributed by atoms with E-state index in [-0.39, 0.29) is 23.9 Å². The molecule has 0 amide bonds. The number of nitrogens with zero attached hydrogens (tertiary/aromatic N) is 5. The first-order valence-corrected chi connectivity index (χ1v) is 14.0. The van der Waals surface area contributed by atoms with Crippen LogP contribution < -0.4 is 20.2 Å². The Labute approximate surface area is 227 Å². The van der Waals surface area contributed by atoms with Gasteiger partial charge in [-0.15, -0.1) is 0 Å². The maximum atomic E-state index is 14.9. The van der Waals surface area contributed by atoms with Gasteiger partial charge in [0.1, 0.15) is 30.6 Å². The second-order valence-corrected chi connectivity index (χ2v) is 10.7. The zero-order valence-electron chi connectivity index (χ0n) is 22.4. The van der Waals surface area contributed by atoms with Crippen LogP contribution in [-0.4, -0.2) is 66.1 Å². The number of halogens is 1. The highest BCUT2D eigenvalue weighted by Gasteiger charge is 2.24. The molecule has 0 radical (unpaired) electrons. The lowest BCUT2D eigenvalue weighted by Gasteiger charge is -2.37. The molecule has 9 nitrogen and oxygen atoms in total. The fraction of sp³-hybridized carbons (Fsp3) is 0.517. The molecule has 3 aromatic rings. The van der Waals surface area contributed by atoms with Crippen LogP contribution in [0.4, 0.5) is 15.8 Å². The maximum Gasteiger partial charge on any atom is 0.350 e. The first kappa shape index (κ1) is 25.9. The van der Waals surface area contributed by atoms with Gasteiger partial charge in [-0.1, -0.05) is 12.8 Å². The third-order valence-corrected chi connectivity index (χ3v) is 8.01. The summed E-state index contributed by atoms with van der Waals surface area (Å²) in [5, 5.41) is 4.35. The van der Waals surface area contributed by atoms with Crippen molar-refractivity contribution in [1.82, 2.24) is 14.3 Å². The number of benzene rings is 2. The number of hydrogen-bond acceptors (Lipinski definition) is 7. The Morgan fingerprint density at radius 1 is 1.00 bits per heavy atom. The summed E-state index contributed by atoms with van der Waals surface area (Å²) in [6, 6.07) is 13.0. The van der Waals surface area contributed by atoms with E-state index in [1.807, 2.05) is 31.2 Å². The van der Waals surface area contributed by atoms with E-state index in [1.165, 1.54) is 31.7 Å². The Morgan fingerprint density at radius 3 is 2.41 bits per heavy atom. The van der Waals surface area contributed by atoms with Gasteiger partial charge < -0.3 is 24.0 Å². The maximum absolute atomic E-state index is 14.9. The summed E-state index contributed by atoms with van der Waals surface area (Å²) in [7, 11) is 0. The average Bonchev–Trinajstić information content (AvgIpc) is 3.71. The van der Waals surface area contributed by atoms with Crippen LogP contribution in [0.2, 0.25) is 0 Å². The molecular formula is C29H36FN5O4. The quantitative estimate of drug-likeness (QED) is 0.433. The van der Waals surface area contributed by atoms with Gasteiger partial charge in [0.05, 0.1) is 18.0 Å². The third-order valence-electron chi connectivity index (χ3n) is 8.01. The fourth-order valence-electron chi connectivity index (χ4n) is 5.81. The average molecular weight is 538 g/mol. The SMILES string of the molecule is CC1OCC(COc2ccc(N3CCN(c4ccc(-n5cnn(CC6CCCC6)c5=O)cc4)CC3)c(F)c2)O1. The van der Waals surface area contributed by atoms with E-state index in [1.54, 1.807) is 27.7 Å². The van der Waals surface area contributed by atoms with E-state index >= 15 is 0 Å². The summed E-state index contributed by atoms with van der Waals surface area (Å²) < 4.78 is 34.8. The summed E-state index contributed by atoms with van der Waals surface area (Å²) in [6.07, 6.45) is 6.11. The Balaban J connectivity index is 1.03. The van der Waals surface area contributed by atoms with Gasteiger partial charge in [0, 0.05) is 44.5 Å². The van der Waals surface area contributed by atoms with Crippen molar-refractivity contribution in [2.75, 3.05) is 49.2 Å². The molecule has 39 heavy (non-hydrogen) atoms. The van der Waals surface area contributed by atoms with E-state index in [0.29, 0.717) is 50.2 Å². The number of aromatic nitrogens is 3. The zero-order chi connectivity index (χ0) is 26.8. The van der Waals surface area contributed by atoms with Crippen molar-refractivity contribution in [2.45, 2.75) is 51.5 Å². The van der Waals surface area contributed by atoms with E-state index in [0.717, 1.165) is 24.5 Å². The highest BCUT2D eigenvalue weighted by molar-refractivity contribution is 5.55. The molecular weight excluding hydrogens is 501 g/mol. The standard InChI is InChI=1S/C29H36FN5O4/c1-21-37-18-26(39-21)19-38-25-10-11-28(27(30)16-25)33-14-12-32(13-15-33)23-6-8-24(9-7-23)34-20-31-35(29(34)36)17-22-4-2-3-5-22/h6-11,16,20-22,26H,2-5,12-15,17-19H2,1H3. The van der Waals surface area contributed by atoms with Crippen molar-refractivity contribution in [2.24, 2.45) is 5.92 Å². The van der Waals surface area contributed by atoms with Gasteiger partial charge in [-0.3, -0.25) is 0 Å². The molecule has 3 aliphatic rings. The van der Waals surface area contributed by atoms with Crippen molar-refractivity contribution >= 4 is 11.4 Å². The molecule has 1 aromatic heterocycles. The van der Waals surface area contributed by atoms with Gasteiger partial charge in [-0.05, 0) is 62.1 Å². The Kier molecular flexibility index (Phi) is 7.56. The lowest BCUT2D eigenvalue weighted by molar-refractivity contribution is -0.0487. The van der Waals surface area contributed by atoms with Crippen molar-refractivity contribution in [3.05, 3.63) is 65.1 Å². The van der Waals surface area contributed by atoms with Gasteiger partial charge in [-0.25, -0.2) is 18.4 Å². The molecule has 3 fully saturated rings. The summed E-state index contributed by atoms with van der Waals surface area (Å²) >= 11 is 0. The molecule has 208 valence electrons. The molecule has 2 atom stereocenters. The second kappa shape index (κ2) is 11.4. The minimum absolute atomic E-state index is 0.0859. The summed E-state index contributed by atoms with van der Waals surface area (Å²) in [4.78, 5) is 17.2. The summed E-state index contributed by atoms with van der Waals surface area (Å²) in [5.74, 6) is 0.755. The highest BCUT2D eigenvalue weighted by atomic mass is 19.1. The highest BCUT2D eigenvalue weighted by Crippen LogP contribution is 2.28. The third kappa shape index (κ3) is 5.81. The lowest BCUT2D eigenvalue weighted by Crippen LogP contribution is -2.46. The van der Waals surface area contributed by atoms with Gasteiger partial charge in [-0.2, -0.15) is 5.10 Å². The number of piperazine rings is 1. The molecule has 2 saturated heterocycles. The molecule has 1 aliphatic carbocycles. The van der Waals surface area contributed by atoms with E-state index in [2.05, 4.69) is 14.9 Å². The van der Waals surface area contributed by atoms with E-state index in [9.17, 15) is 9.18 Å². The van der Waals surface area contributed by atoms with Crippen LogP contribution in [0.15, 0.2) is 53.6 Å². The van der Waals surface area contributed by atoms with Crippen LogP contribution in [0.25, 0.3) is 5.69 Å². The van der Waals surface area contributed by atoms with E-state index in [4.69, 9.17) is 14.2 Å². The van der Waals surface area contributed by atoms with Crippen LogP contribution in [0.3, 0.4) is 0 Å². The molecule has 2 unspecified atom stereocenters. The lowest BCUT2D eigenvalue weighted by atomic mass is 10.1.